The molecule has 0 radical (unpaired) electrons. The predicted molar refractivity (Wildman–Crippen MR) is 147 cm³/mol. The van der Waals surface area contributed by atoms with E-state index in [1.165, 1.54) is 0 Å². The van der Waals surface area contributed by atoms with E-state index >= 15 is 0 Å². The van der Waals surface area contributed by atoms with Crippen molar-refractivity contribution < 1.29 is 27.9 Å². The lowest BCUT2D eigenvalue weighted by Crippen LogP contribution is -2.00. The first-order valence-electron chi connectivity index (χ1n) is 11.9. The molecule has 38 heavy (non-hydrogen) atoms. The maximum Gasteiger partial charge on any atom is 0.330 e. The van der Waals surface area contributed by atoms with Crippen molar-refractivity contribution in [2.45, 2.75) is 13.2 Å². The third-order valence-corrected chi connectivity index (χ3v) is 6.02. The highest BCUT2D eigenvalue weighted by Gasteiger charge is 2.11. The second-order valence-corrected chi connectivity index (χ2v) is 8.44. The van der Waals surface area contributed by atoms with Crippen molar-refractivity contribution in [1.29, 1.82) is 0 Å². The summed E-state index contributed by atoms with van der Waals surface area (Å²) in [5.74, 6) is -0.852. The lowest BCUT2D eigenvalue weighted by atomic mass is 10.1. The quantitative estimate of drug-likeness (QED) is 0.171. The maximum absolute atomic E-state index is 11.2. The Balaban J connectivity index is 0.000000155. The minimum absolute atomic E-state index is 0.214. The molecular weight excluding hydrogens is 480 g/mol. The summed E-state index contributed by atoms with van der Waals surface area (Å²) in [5.41, 5.74) is 5.11. The van der Waals surface area contributed by atoms with Crippen LogP contribution in [0.15, 0.2) is 119 Å². The molecule has 4 aromatic carbocycles. The molecule has 0 amide bonds. The predicted octanol–water partition coefficient (Wildman–Crippen LogP) is 7.63. The van der Waals surface area contributed by atoms with Crippen molar-refractivity contribution in [1.82, 2.24) is 0 Å². The van der Waals surface area contributed by atoms with E-state index in [1.54, 1.807) is 0 Å². The van der Waals surface area contributed by atoms with Crippen LogP contribution in [0.25, 0.3) is 43.9 Å². The number of fused-ring (bicyclic) bond motifs is 6. The number of hydrogen-bond acceptors (Lipinski definition) is 6. The summed E-state index contributed by atoms with van der Waals surface area (Å²) >= 11 is 0. The number of esters is 2. The van der Waals surface area contributed by atoms with E-state index < -0.39 is 11.9 Å². The van der Waals surface area contributed by atoms with Crippen LogP contribution in [0.5, 0.6) is 0 Å². The molecule has 2 heterocycles. The topological polar surface area (TPSA) is 78.9 Å². The van der Waals surface area contributed by atoms with E-state index in [-0.39, 0.29) is 13.2 Å². The molecule has 0 N–H and O–H groups in total. The Morgan fingerprint density at radius 3 is 1.95 bits per heavy atom. The highest BCUT2D eigenvalue weighted by atomic mass is 16.5. The van der Waals surface area contributed by atoms with Crippen molar-refractivity contribution in [3.05, 3.63) is 121 Å². The van der Waals surface area contributed by atoms with Gasteiger partial charge in [0.25, 0.3) is 0 Å². The average Bonchev–Trinajstić information content (AvgIpc) is 3.53. The summed E-state index contributed by atoms with van der Waals surface area (Å²) in [6, 6.07) is 27.3. The van der Waals surface area contributed by atoms with E-state index in [2.05, 4.69) is 13.2 Å². The highest BCUT2D eigenvalue weighted by molar-refractivity contribution is 6.07. The molecule has 0 bridgehead atoms. The Bertz CT molecular complexity index is 1800. The summed E-state index contributed by atoms with van der Waals surface area (Å²) < 4.78 is 21.6. The molecule has 6 heteroatoms. The molecule has 0 saturated carbocycles. The van der Waals surface area contributed by atoms with Crippen LogP contribution in [0.4, 0.5) is 0 Å². The van der Waals surface area contributed by atoms with Crippen molar-refractivity contribution in [2.24, 2.45) is 0 Å². The first-order chi connectivity index (χ1) is 18.6. The molecule has 0 atom stereocenters. The molecule has 0 aliphatic rings. The van der Waals surface area contributed by atoms with Gasteiger partial charge in [-0.3, -0.25) is 0 Å². The summed E-state index contributed by atoms with van der Waals surface area (Å²) in [6.07, 6.45) is 2.31. The third-order valence-electron chi connectivity index (χ3n) is 6.02. The largest absolute Gasteiger partial charge is 0.458 e. The van der Waals surface area contributed by atoms with Gasteiger partial charge in [0.1, 0.15) is 35.5 Å². The van der Waals surface area contributed by atoms with Crippen LogP contribution in [0.3, 0.4) is 0 Å². The zero-order chi connectivity index (χ0) is 26.5. The van der Waals surface area contributed by atoms with Gasteiger partial charge in [-0.25, -0.2) is 9.59 Å². The molecule has 0 saturated heterocycles. The first-order valence-corrected chi connectivity index (χ1v) is 11.9. The second kappa shape index (κ2) is 10.9. The van der Waals surface area contributed by atoms with E-state index in [1.807, 2.05) is 84.9 Å². The standard InChI is InChI=1S/2C16H12O3/c1-2-15(17)18-10-11-6-5-9-14-16(11)12-7-3-4-8-13(12)19-14;1-2-16(17)18-10-11-7-8-13-12-5-3-4-6-14(12)19-15(13)9-11/h2*2-9H,1,10H2. The number of ether oxygens (including phenoxy) is 2. The van der Waals surface area contributed by atoms with Crippen molar-refractivity contribution >= 4 is 55.8 Å². The monoisotopic (exact) mass is 504 g/mol. The summed E-state index contributed by atoms with van der Waals surface area (Å²) in [7, 11) is 0. The number of para-hydroxylation sites is 2. The maximum atomic E-state index is 11.2. The summed E-state index contributed by atoms with van der Waals surface area (Å²) in [5, 5.41) is 4.18. The highest BCUT2D eigenvalue weighted by Crippen LogP contribution is 2.31. The molecule has 6 aromatic rings. The van der Waals surface area contributed by atoms with Crippen molar-refractivity contribution in [2.75, 3.05) is 0 Å². The fourth-order valence-electron chi connectivity index (χ4n) is 4.25. The third kappa shape index (κ3) is 5.06. The number of rotatable bonds is 6. The van der Waals surface area contributed by atoms with Gasteiger partial charge in [-0.15, -0.1) is 0 Å². The Kier molecular flexibility index (Phi) is 7.04. The molecule has 0 fully saturated rings. The Labute approximate surface area is 218 Å². The van der Waals surface area contributed by atoms with Gasteiger partial charge in [0.2, 0.25) is 0 Å². The lowest BCUT2D eigenvalue weighted by molar-refractivity contribution is -0.139. The lowest BCUT2D eigenvalue weighted by Gasteiger charge is -2.03. The molecular formula is C32H24O6. The van der Waals surface area contributed by atoms with Crippen LogP contribution in [-0.2, 0) is 32.3 Å². The number of carbonyl (C=O) groups excluding carboxylic acids is 2. The molecule has 6 rings (SSSR count). The molecule has 188 valence electrons. The van der Waals surface area contributed by atoms with Crippen LogP contribution in [0.2, 0.25) is 0 Å². The first kappa shape index (κ1) is 24.6. The van der Waals surface area contributed by atoms with E-state index in [0.29, 0.717) is 0 Å². The smallest absolute Gasteiger partial charge is 0.330 e. The van der Waals surface area contributed by atoms with Gasteiger partial charge in [-0.1, -0.05) is 73.8 Å². The number of carbonyl (C=O) groups is 2. The van der Waals surface area contributed by atoms with E-state index in [4.69, 9.17) is 18.3 Å². The molecule has 0 spiro atoms. The van der Waals surface area contributed by atoms with Gasteiger partial charge >= 0.3 is 11.9 Å². The average molecular weight is 505 g/mol. The van der Waals surface area contributed by atoms with Crippen LogP contribution in [0, 0.1) is 0 Å². The van der Waals surface area contributed by atoms with Crippen LogP contribution < -0.4 is 0 Å². The van der Waals surface area contributed by atoms with Gasteiger partial charge in [0.15, 0.2) is 0 Å². The van der Waals surface area contributed by atoms with Crippen LogP contribution in [0.1, 0.15) is 11.1 Å². The molecule has 6 nitrogen and oxygen atoms in total. The summed E-state index contributed by atoms with van der Waals surface area (Å²) in [4.78, 5) is 22.2. The SMILES string of the molecule is C=CC(=O)OCc1ccc2c(c1)oc1ccccc12.C=CC(=O)OCc1cccc2oc3ccccc3c12. The molecule has 2 aromatic heterocycles. The van der Waals surface area contributed by atoms with Crippen LogP contribution >= 0.6 is 0 Å². The van der Waals surface area contributed by atoms with E-state index in [0.717, 1.165) is 67.2 Å². The fraction of sp³-hybridized carbons (Fsp3) is 0.0625. The zero-order valence-corrected chi connectivity index (χ0v) is 20.5. The van der Waals surface area contributed by atoms with Crippen molar-refractivity contribution in [3.63, 3.8) is 0 Å². The number of furan rings is 2. The normalized spacial score (nSPS) is 10.7. The minimum atomic E-state index is -0.426. The zero-order valence-electron chi connectivity index (χ0n) is 20.5. The minimum Gasteiger partial charge on any atom is -0.458 e. The fourth-order valence-corrected chi connectivity index (χ4v) is 4.25. The molecule has 0 aliphatic carbocycles. The van der Waals surface area contributed by atoms with Gasteiger partial charge in [0, 0.05) is 39.3 Å². The van der Waals surface area contributed by atoms with E-state index in [9.17, 15) is 9.59 Å². The second-order valence-electron chi connectivity index (χ2n) is 8.44. The van der Waals surface area contributed by atoms with Gasteiger partial charge in [-0.2, -0.15) is 0 Å². The number of benzene rings is 4. The molecule has 0 unspecified atom stereocenters. The number of hydrogen-bond donors (Lipinski definition) is 0. The van der Waals surface area contributed by atoms with Crippen LogP contribution in [-0.4, -0.2) is 11.9 Å². The Morgan fingerprint density at radius 1 is 0.632 bits per heavy atom. The molecule has 0 aliphatic heterocycles. The van der Waals surface area contributed by atoms with Crippen molar-refractivity contribution in [3.8, 4) is 0 Å². The van der Waals surface area contributed by atoms with Gasteiger partial charge in [0.05, 0.1) is 0 Å². The Morgan fingerprint density at radius 2 is 1.21 bits per heavy atom. The Hall–Kier alpha value is -5.10. The summed E-state index contributed by atoms with van der Waals surface area (Å²) in [6.45, 7) is 7.17. The van der Waals surface area contributed by atoms with Gasteiger partial charge in [-0.05, 0) is 29.8 Å². The van der Waals surface area contributed by atoms with Gasteiger partial charge < -0.3 is 18.3 Å².